The summed E-state index contributed by atoms with van der Waals surface area (Å²) in [4.78, 5) is 14.9. The van der Waals surface area contributed by atoms with Crippen LogP contribution in [0.3, 0.4) is 0 Å². The number of rotatable bonds is 2. The summed E-state index contributed by atoms with van der Waals surface area (Å²) in [5.74, 6) is 0.0398. The molecule has 2 aromatic rings. The van der Waals surface area contributed by atoms with Crippen molar-refractivity contribution in [2.45, 2.75) is 6.92 Å². The summed E-state index contributed by atoms with van der Waals surface area (Å²) >= 11 is 0. The number of nitrogens with one attached hydrogen (secondary N) is 1. The molecular weight excluding hydrogens is 219 g/mol. The molecule has 1 N–H and O–H groups in total. The number of aromatic nitrogens is 1. The van der Waals surface area contributed by atoms with Gasteiger partial charge >= 0.3 is 0 Å². The third-order valence-electron chi connectivity index (χ3n) is 2.24. The smallest absolute Gasteiger partial charge is 0.222 e. The van der Waals surface area contributed by atoms with E-state index in [1.807, 2.05) is 0 Å². The highest BCUT2D eigenvalue weighted by Gasteiger charge is 2.01. The van der Waals surface area contributed by atoms with Crippen LogP contribution < -0.4 is 5.32 Å². The van der Waals surface area contributed by atoms with Crippen molar-refractivity contribution in [3.63, 3.8) is 0 Å². The zero-order chi connectivity index (χ0) is 12.3. The Morgan fingerprint density at radius 1 is 1.18 bits per heavy atom. The minimum Gasteiger partial charge on any atom is -0.311 e. The molecule has 0 radical (unpaired) electrons. The van der Waals surface area contributed by atoms with E-state index in [0.29, 0.717) is 5.82 Å². The van der Waals surface area contributed by atoms with Crippen LogP contribution in [-0.4, -0.2) is 10.9 Å². The molecule has 2 rings (SSSR count). The standard InChI is InChI=1S/C13H11FN2O/c1-9(17)16-13-8-11(6-7-15-13)10-2-4-12(14)5-3-10/h2-8H,1H3,(H,15,16,17). The quantitative estimate of drug-likeness (QED) is 0.861. The van der Waals surface area contributed by atoms with E-state index in [1.54, 1.807) is 30.5 Å². The van der Waals surface area contributed by atoms with Crippen LogP contribution >= 0.6 is 0 Å². The molecule has 0 aliphatic carbocycles. The molecule has 1 aromatic carbocycles. The highest BCUT2D eigenvalue weighted by Crippen LogP contribution is 2.21. The van der Waals surface area contributed by atoms with Gasteiger partial charge in [-0.15, -0.1) is 0 Å². The van der Waals surface area contributed by atoms with Crippen LogP contribution in [0.5, 0.6) is 0 Å². The maximum absolute atomic E-state index is 12.8. The maximum Gasteiger partial charge on any atom is 0.222 e. The average molecular weight is 230 g/mol. The molecule has 17 heavy (non-hydrogen) atoms. The van der Waals surface area contributed by atoms with E-state index in [9.17, 15) is 9.18 Å². The Hall–Kier alpha value is -2.23. The van der Waals surface area contributed by atoms with E-state index in [4.69, 9.17) is 0 Å². The van der Waals surface area contributed by atoms with E-state index in [0.717, 1.165) is 11.1 Å². The summed E-state index contributed by atoms with van der Waals surface area (Å²) in [7, 11) is 0. The first-order chi connectivity index (χ1) is 8.15. The number of hydrogen-bond acceptors (Lipinski definition) is 2. The number of halogens is 1. The maximum atomic E-state index is 12.8. The summed E-state index contributed by atoms with van der Waals surface area (Å²) in [5, 5.41) is 2.60. The van der Waals surface area contributed by atoms with Gasteiger partial charge in [0.15, 0.2) is 0 Å². The van der Waals surface area contributed by atoms with Crippen LogP contribution in [0.25, 0.3) is 11.1 Å². The van der Waals surface area contributed by atoms with Crippen LogP contribution in [0.15, 0.2) is 42.6 Å². The Balaban J connectivity index is 2.32. The first-order valence-electron chi connectivity index (χ1n) is 5.15. The summed E-state index contributed by atoms with van der Waals surface area (Å²) in [5.41, 5.74) is 1.75. The van der Waals surface area contributed by atoms with Crippen molar-refractivity contribution < 1.29 is 9.18 Å². The van der Waals surface area contributed by atoms with Crippen molar-refractivity contribution in [2.24, 2.45) is 0 Å². The summed E-state index contributed by atoms with van der Waals surface area (Å²) in [6.07, 6.45) is 1.60. The fourth-order valence-electron chi connectivity index (χ4n) is 1.50. The summed E-state index contributed by atoms with van der Waals surface area (Å²) in [6.45, 7) is 1.42. The van der Waals surface area contributed by atoms with Crippen LogP contribution in [0.4, 0.5) is 10.2 Å². The molecule has 86 valence electrons. The number of benzene rings is 1. The molecule has 1 aromatic heterocycles. The monoisotopic (exact) mass is 230 g/mol. The van der Waals surface area contributed by atoms with Crippen molar-refractivity contribution >= 4 is 11.7 Å². The Bertz CT molecular complexity index is 537. The largest absolute Gasteiger partial charge is 0.311 e. The molecule has 3 nitrogen and oxygen atoms in total. The molecule has 0 saturated carbocycles. The predicted octanol–water partition coefficient (Wildman–Crippen LogP) is 2.85. The summed E-state index contributed by atoms with van der Waals surface area (Å²) in [6, 6.07) is 9.71. The molecule has 0 spiro atoms. The second-order valence-electron chi connectivity index (χ2n) is 3.62. The van der Waals surface area contributed by atoms with Crippen LogP contribution in [0.1, 0.15) is 6.92 Å². The van der Waals surface area contributed by atoms with Gasteiger partial charge in [0.05, 0.1) is 0 Å². The van der Waals surface area contributed by atoms with Crippen molar-refractivity contribution in [1.82, 2.24) is 4.98 Å². The lowest BCUT2D eigenvalue weighted by Gasteiger charge is -2.05. The number of carbonyl (C=O) groups excluding carboxylic acids is 1. The Morgan fingerprint density at radius 2 is 1.88 bits per heavy atom. The van der Waals surface area contributed by atoms with Gasteiger partial charge < -0.3 is 5.32 Å². The number of pyridine rings is 1. The van der Waals surface area contributed by atoms with E-state index < -0.39 is 0 Å². The van der Waals surface area contributed by atoms with E-state index in [1.165, 1.54) is 19.1 Å². The normalized spacial score (nSPS) is 10.0. The SMILES string of the molecule is CC(=O)Nc1cc(-c2ccc(F)cc2)ccn1. The van der Waals surface area contributed by atoms with Gasteiger partial charge in [-0.25, -0.2) is 9.37 Å². The predicted molar refractivity (Wildman–Crippen MR) is 63.9 cm³/mol. The third kappa shape index (κ3) is 2.87. The lowest BCUT2D eigenvalue weighted by atomic mass is 10.1. The van der Waals surface area contributed by atoms with Gasteiger partial charge in [-0.05, 0) is 35.4 Å². The fourth-order valence-corrected chi connectivity index (χ4v) is 1.50. The molecule has 4 heteroatoms. The number of anilines is 1. The molecule has 0 aliphatic rings. The molecule has 0 saturated heterocycles. The van der Waals surface area contributed by atoms with Crippen molar-refractivity contribution in [3.05, 3.63) is 48.4 Å². The molecule has 0 fully saturated rings. The number of hydrogen-bond donors (Lipinski definition) is 1. The zero-order valence-corrected chi connectivity index (χ0v) is 9.27. The van der Waals surface area contributed by atoms with Crippen LogP contribution in [0, 0.1) is 5.82 Å². The molecule has 1 amide bonds. The lowest BCUT2D eigenvalue weighted by Crippen LogP contribution is -2.07. The second-order valence-corrected chi connectivity index (χ2v) is 3.62. The zero-order valence-electron chi connectivity index (χ0n) is 9.27. The van der Waals surface area contributed by atoms with Crippen LogP contribution in [-0.2, 0) is 4.79 Å². The molecule has 0 bridgehead atoms. The van der Waals surface area contributed by atoms with Crippen LogP contribution in [0.2, 0.25) is 0 Å². The first-order valence-corrected chi connectivity index (χ1v) is 5.15. The van der Waals surface area contributed by atoms with Gasteiger partial charge in [-0.3, -0.25) is 4.79 Å². The number of nitrogens with zero attached hydrogens (tertiary/aromatic N) is 1. The van der Waals surface area contributed by atoms with Gasteiger partial charge in [0, 0.05) is 13.1 Å². The van der Waals surface area contributed by atoms with E-state index in [2.05, 4.69) is 10.3 Å². The van der Waals surface area contributed by atoms with E-state index >= 15 is 0 Å². The lowest BCUT2D eigenvalue weighted by molar-refractivity contribution is -0.114. The molecule has 0 atom stereocenters. The fraction of sp³-hybridized carbons (Fsp3) is 0.0769. The third-order valence-corrected chi connectivity index (χ3v) is 2.24. The van der Waals surface area contributed by atoms with E-state index in [-0.39, 0.29) is 11.7 Å². The Kier molecular flexibility index (Phi) is 3.14. The topological polar surface area (TPSA) is 42.0 Å². The number of amides is 1. The van der Waals surface area contributed by atoms with Crippen molar-refractivity contribution in [1.29, 1.82) is 0 Å². The van der Waals surface area contributed by atoms with Gasteiger partial charge in [0.25, 0.3) is 0 Å². The van der Waals surface area contributed by atoms with Crippen molar-refractivity contribution in [2.75, 3.05) is 5.32 Å². The summed E-state index contributed by atoms with van der Waals surface area (Å²) < 4.78 is 12.8. The minimum absolute atomic E-state index is 0.172. The highest BCUT2D eigenvalue weighted by molar-refractivity contribution is 5.88. The molecular formula is C13H11FN2O. The van der Waals surface area contributed by atoms with Gasteiger partial charge in [0.2, 0.25) is 5.91 Å². The Labute approximate surface area is 98.3 Å². The molecule has 0 aliphatic heterocycles. The minimum atomic E-state index is -0.273. The van der Waals surface area contributed by atoms with Gasteiger partial charge in [0.1, 0.15) is 11.6 Å². The Morgan fingerprint density at radius 3 is 2.53 bits per heavy atom. The second kappa shape index (κ2) is 4.74. The van der Waals surface area contributed by atoms with Crippen molar-refractivity contribution in [3.8, 4) is 11.1 Å². The molecule has 0 unspecified atom stereocenters. The highest BCUT2D eigenvalue weighted by atomic mass is 19.1. The molecule has 1 heterocycles. The number of carbonyl (C=O) groups is 1. The van der Waals surface area contributed by atoms with Gasteiger partial charge in [-0.1, -0.05) is 12.1 Å². The van der Waals surface area contributed by atoms with Gasteiger partial charge in [-0.2, -0.15) is 0 Å². The first kappa shape index (κ1) is 11.3. The average Bonchev–Trinajstić information content (AvgIpc) is 2.29.